The van der Waals surface area contributed by atoms with Gasteiger partial charge < -0.3 is 10.6 Å². The topological polar surface area (TPSA) is 29.3 Å². The Morgan fingerprint density at radius 3 is 2.93 bits per heavy atom. The van der Waals surface area contributed by atoms with Crippen LogP contribution >= 0.6 is 0 Å². The molecule has 1 atom stereocenters. The van der Waals surface area contributed by atoms with Crippen LogP contribution in [0, 0.1) is 0 Å². The highest BCUT2D eigenvalue weighted by molar-refractivity contribution is 5.64. The first-order chi connectivity index (χ1) is 7.27. The van der Waals surface area contributed by atoms with E-state index in [0.717, 1.165) is 19.5 Å². The van der Waals surface area contributed by atoms with Crippen molar-refractivity contribution in [2.75, 3.05) is 18.0 Å². The van der Waals surface area contributed by atoms with Crippen molar-refractivity contribution in [3.8, 4) is 0 Å². The molecule has 0 aliphatic carbocycles. The van der Waals surface area contributed by atoms with Crippen LogP contribution < -0.4 is 10.6 Å². The fourth-order valence-corrected chi connectivity index (χ4v) is 2.65. The van der Waals surface area contributed by atoms with Gasteiger partial charge in [-0.1, -0.05) is 18.2 Å². The molecule has 0 fully saturated rings. The minimum atomic E-state index is 0.643. The standard InChI is InChI=1S/C13H20N2/c1-3-15-10(2)9-12-6-4-5-11(7-8-14)13(12)15/h4-6,10H,3,7-9,14H2,1-2H3. The van der Waals surface area contributed by atoms with E-state index in [1.54, 1.807) is 0 Å². The van der Waals surface area contributed by atoms with Gasteiger partial charge in [-0.25, -0.2) is 0 Å². The molecular formula is C13H20N2. The van der Waals surface area contributed by atoms with Crippen molar-refractivity contribution < 1.29 is 0 Å². The Morgan fingerprint density at radius 2 is 2.27 bits per heavy atom. The predicted octanol–water partition coefficient (Wildman–Crippen LogP) is 1.96. The second-order valence-corrected chi connectivity index (χ2v) is 4.30. The van der Waals surface area contributed by atoms with Gasteiger partial charge in [-0.15, -0.1) is 0 Å². The summed E-state index contributed by atoms with van der Waals surface area (Å²) in [5, 5.41) is 0. The van der Waals surface area contributed by atoms with Crippen LogP contribution in [0.2, 0.25) is 0 Å². The lowest BCUT2D eigenvalue weighted by molar-refractivity contribution is 0.688. The average Bonchev–Trinajstić information content (AvgIpc) is 2.55. The van der Waals surface area contributed by atoms with Crippen LogP contribution in [0.5, 0.6) is 0 Å². The second-order valence-electron chi connectivity index (χ2n) is 4.30. The zero-order valence-corrected chi connectivity index (χ0v) is 9.66. The van der Waals surface area contributed by atoms with Crippen LogP contribution in [-0.4, -0.2) is 19.1 Å². The summed E-state index contributed by atoms with van der Waals surface area (Å²) in [4.78, 5) is 2.50. The Morgan fingerprint density at radius 1 is 1.47 bits per heavy atom. The van der Waals surface area contributed by atoms with Gasteiger partial charge in [-0.3, -0.25) is 0 Å². The Bertz CT molecular complexity index is 346. The lowest BCUT2D eigenvalue weighted by Crippen LogP contribution is -2.29. The van der Waals surface area contributed by atoms with Gasteiger partial charge in [-0.05, 0) is 44.4 Å². The van der Waals surface area contributed by atoms with Gasteiger partial charge in [0.1, 0.15) is 0 Å². The highest BCUT2D eigenvalue weighted by Gasteiger charge is 2.26. The summed E-state index contributed by atoms with van der Waals surface area (Å²) in [5.41, 5.74) is 10.0. The third-order valence-corrected chi connectivity index (χ3v) is 3.29. The molecular weight excluding hydrogens is 184 g/mol. The number of hydrogen-bond acceptors (Lipinski definition) is 2. The van der Waals surface area contributed by atoms with E-state index in [9.17, 15) is 0 Å². The third-order valence-electron chi connectivity index (χ3n) is 3.29. The Balaban J connectivity index is 2.41. The number of nitrogens with two attached hydrogens (primary N) is 1. The largest absolute Gasteiger partial charge is 0.368 e. The molecule has 15 heavy (non-hydrogen) atoms. The van der Waals surface area contributed by atoms with Gasteiger partial charge >= 0.3 is 0 Å². The maximum absolute atomic E-state index is 5.66. The number of likely N-dealkylation sites (N-methyl/N-ethyl adjacent to an activating group) is 1. The zero-order chi connectivity index (χ0) is 10.8. The molecule has 0 bridgehead atoms. The second kappa shape index (κ2) is 4.23. The molecule has 0 radical (unpaired) electrons. The molecule has 2 N–H and O–H groups in total. The number of fused-ring (bicyclic) bond motifs is 1. The summed E-state index contributed by atoms with van der Waals surface area (Å²) < 4.78 is 0. The van der Waals surface area contributed by atoms with Crippen molar-refractivity contribution in [3.05, 3.63) is 29.3 Å². The van der Waals surface area contributed by atoms with Crippen molar-refractivity contribution >= 4 is 5.69 Å². The first-order valence-electron chi connectivity index (χ1n) is 5.85. The Kier molecular flexibility index (Phi) is 2.96. The van der Waals surface area contributed by atoms with Crippen molar-refractivity contribution in [2.45, 2.75) is 32.7 Å². The van der Waals surface area contributed by atoms with Crippen LogP contribution in [0.15, 0.2) is 18.2 Å². The van der Waals surface area contributed by atoms with Crippen molar-refractivity contribution in [2.24, 2.45) is 5.73 Å². The molecule has 1 aromatic carbocycles. The molecule has 1 aliphatic heterocycles. The monoisotopic (exact) mass is 204 g/mol. The zero-order valence-electron chi connectivity index (χ0n) is 9.66. The molecule has 2 nitrogen and oxygen atoms in total. The molecule has 1 aromatic rings. The molecule has 1 heterocycles. The molecule has 0 spiro atoms. The third kappa shape index (κ3) is 1.74. The highest BCUT2D eigenvalue weighted by Crippen LogP contribution is 2.35. The summed E-state index contributed by atoms with van der Waals surface area (Å²) in [6.45, 7) is 6.36. The SMILES string of the molecule is CCN1c2c(CCN)cccc2CC1C. The van der Waals surface area contributed by atoms with E-state index in [4.69, 9.17) is 5.73 Å². The van der Waals surface area contributed by atoms with Crippen molar-refractivity contribution in [3.63, 3.8) is 0 Å². The molecule has 1 unspecified atom stereocenters. The van der Waals surface area contributed by atoms with E-state index >= 15 is 0 Å². The van der Waals surface area contributed by atoms with Gasteiger partial charge in [0.2, 0.25) is 0 Å². The number of para-hydroxylation sites is 1. The first-order valence-corrected chi connectivity index (χ1v) is 5.85. The lowest BCUT2D eigenvalue weighted by Gasteiger charge is -2.25. The average molecular weight is 204 g/mol. The number of anilines is 1. The summed E-state index contributed by atoms with van der Waals surface area (Å²) in [6, 6.07) is 7.27. The van der Waals surface area contributed by atoms with Crippen LogP contribution in [0.3, 0.4) is 0 Å². The highest BCUT2D eigenvalue weighted by atomic mass is 15.2. The van der Waals surface area contributed by atoms with E-state index in [0.29, 0.717) is 6.04 Å². The van der Waals surface area contributed by atoms with E-state index in [1.165, 1.54) is 23.2 Å². The van der Waals surface area contributed by atoms with E-state index < -0.39 is 0 Å². The Labute approximate surface area is 92.1 Å². The molecule has 0 amide bonds. The van der Waals surface area contributed by atoms with Crippen molar-refractivity contribution in [1.82, 2.24) is 0 Å². The number of benzene rings is 1. The molecule has 0 saturated heterocycles. The Hall–Kier alpha value is -1.02. The summed E-state index contributed by atoms with van der Waals surface area (Å²) >= 11 is 0. The maximum Gasteiger partial charge on any atom is 0.0435 e. The fourth-order valence-electron chi connectivity index (χ4n) is 2.65. The number of nitrogens with zero attached hydrogens (tertiary/aromatic N) is 1. The van der Waals surface area contributed by atoms with Gasteiger partial charge in [0, 0.05) is 18.3 Å². The van der Waals surface area contributed by atoms with Crippen LogP contribution in [0.4, 0.5) is 5.69 Å². The predicted molar refractivity (Wildman–Crippen MR) is 65.4 cm³/mol. The molecule has 2 rings (SSSR count). The van der Waals surface area contributed by atoms with Gasteiger partial charge in [0.25, 0.3) is 0 Å². The first kappa shape index (κ1) is 10.5. The van der Waals surface area contributed by atoms with E-state index in [-0.39, 0.29) is 0 Å². The van der Waals surface area contributed by atoms with Gasteiger partial charge in [0.15, 0.2) is 0 Å². The lowest BCUT2D eigenvalue weighted by atomic mass is 10.0. The normalized spacial score (nSPS) is 19.4. The van der Waals surface area contributed by atoms with Crippen molar-refractivity contribution in [1.29, 1.82) is 0 Å². The molecule has 2 heteroatoms. The van der Waals surface area contributed by atoms with Crippen LogP contribution in [0.1, 0.15) is 25.0 Å². The molecule has 0 aromatic heterocycles. The number of hydrogen-bond donors (Lipinski definition) is 1. The van der Waals surface area contributed by atoms with Crippen LogP contribution in [-0.2, 0) is 12.8 Å². The van der Waals surface area contributed by atoms with Gasteiger partial charge in [-0.2, -0.15) is 0 Å². The molecule has 0 saturated carbocycles. The summed E-state index contributed by atoms with van der Waals surface area (Å²) in [6.07, 6.45) is 2.17. The smallest absolute Gasteiger partial charge is 0.0435 e. The van der Waals surface area contributed by atoms with E-state index in [2.05, 4.69) is 36.9 Å². The number of rotatable bonds is 3. The summed E-state index contributed by atoms with van der Waals surface area (Å²) in [5.74, 6) is 0. The van der Waals surface area contributed by atoms with Crippen LogP contribution in [0.25, 0.3) is 0 Å². The summed E-state index contributed by atoms with van der Waals surface area (Å²) in [7, 11) is 0. The minimum absolute atomic E-state index is 0.643. The maximum atomic E-state index is 5.66. The van der Waals surface area contributed by atoms with Gasteiger partial charge in [0.05, 0.1) is 0 Å². The van der Waals surface area contributed by atoms with E-state index in [1.807, 2.05) is 0 Å². The molecule has 82 valence electrons. The fraction of sp³-hybridized carbons (Fsp3) is 0.538. The minimum Gasteiger partial charge on any atom is -0.368 e. The molecule has 1 aliphatic rings. The quantitative estimate of drug-likeness (QED) is 0.815.